The summed E-state index contributed by atoms with van der Waals surface area (Å²) in [7, 11) is -4.41. The number of anilines is 1. The maximum absolute atomic E-state index is 13.3. The van der Waals surface area contributed by atoms with Crippen LogP contribution in [0.4, 0.5) is 5.82 Å². The zero-order valence-electron chi connectivity index (χ0n) is 21.6. The Labute approximate surface area is 215 Å². The van der Waals surface area contributed by atoms with Gasteiger partial charge in [-0.2, -0.15) is 5.10 Å². The smallest absolute Gasteiger partial charge is 0.269 e. The van der Waals surface area contributed by atoms with Gasteiger partial charge in [-0.3, -0.25) is 9.59 Å². The van der Waals surface area contributed by atoms with Gasteiger partial charge in [0.05, 0.1) is 24.6 Å². The van der Waals surface area contributed by atoms with E-state index in [4.69, 9.17) is 9.72 Å². The molecule has 1 amide bonds. The summed E-state index contributed by atoms with van der Waals surface area (Å²) >= 11 is 0. The average Bonchev–Trinajstić information content (AvgIpc) is 3.41. The van der Waals surface area contributed by atoms with E-state index in [0.29, 0.717) is 42.4 Å². The number of aromatic nitrogens is 4. The SMILES string of the molecule is CC(C)COc1cnn(-c2ccc(C(=O)NS(=O)(=O)c3ccc[nH]c3=O)c(N3CCC(C)C3(C)C)n2)c1. The molecule has 0 spiro atoms. The average molecular weight is 529 g/mol. The van der Waals surface area contributed by atoms with Gasteiger partial charge in [0, 0.05) is 18.3 Å². The van der Waals surface area contributed by atoms with Crippen LogP contribution in [0.5, 0.6) is 5.75 Å². The van der Waals surface area contributed by atoms with E-state index in [1.165, 1.54) is 18.3 Å². The van der Waals surface area contributed by atoms with Gasteiger partial charge in [-0.1, -0.05) is 20.8 Å². The molecule has 0 bridgehead atoms. The largest absolute Gasteiger partial charge is 0.490 e. The molecule has 12 heteroatoms. The topological polar surface area (TPSA) is 139 Å². The lowest BCUT2D eigenvalue weighted by Gasteiger charge is -2.36. The lowest BCUT2D eigenvalue weighted by atomic mass is 9.90. The van der Waals surface area contributed by atoms with Crippen molar-refractivity contribution in [1.29, 1.82) is 0 Å². The van der Waals surface area contributed by atoms with Crippen LogP contribution < -0.4 is 19.9 Å². The Morgan fingerprint density at radius 2 is 2.05 bits per heavy atom. The predicted molar refractivity (Wildman–Crippen MR) is 139 cm³/mol. The number of nitrogens with one attached hydrogen (secondary N) is 2. The summed E-state index contributed by atoms with van der Waals surface area (Å²) in [6.07, 6.45) is 5.50. The van der Waals surface area contributed by atoms with Crippen LogP contribution in [0.15, 0.2) is 52.5 Å². The molecule has 0 aromatic carbocycles. The Morgan fingerprint density at radius 3 is 2.70 bits per heavy atom. The molecule has 1 saturated heterocycles. The summed E-state index contributed by atoms with van der Waals surface area (Å²) in [5, 5.41) is 4.34. The quantitative estimate of drug-likeness (QED) is 0.455. The molecule has 3 aromatic rings. The summed E-state index contributed by atoms with van der Waals surface area (Å²) in [4.78, 5) is 33.9. The Morgan fingerprint density at radius 1 is 1.30 bits per heavy atom. The molecule has 1 aliphatic heterocycles. The number of amides is 1. The maximum atomic E-state index is 13.3. The van der Waals surface area contributed by atoms with Crippen LogP contribution in [0.1, 0.15) is 51.4 Å². The summed E-state index contributed by atoms with van der Waals surface area (Å²) in [6, 6.07) is 5.62. The molecule has 1 aliphatic rings. The van der Waals surface area contributed by atoms with E-state index in [1.54, 1.807) is 23.1 Å². The fourth-order valence-electron chi connectivity index (χ4n) is 4.18. The number of rotatable bonds is 8. The summed E-state index contributed by atoms with van der Waals surface area (Å²) < 4.78 is 35.0. The van der Waals surface area contributed by atoms with E-state index in [9.17, 15) is 18.0 Å². The number of sulfonamides is 1. The van der Waals surface area contributed by atoms with Crippen molar-refractivity contribution in [3.63, 3.8) is 0 Å². The Balaban J connectivity index is 1.72. The third-order valence-electron chi connectivity index (χ3n) is 6.72. The zero-order valence-corrected chi connectivity index (χ0v) is 22.4. The van der Waals surface area contributed by atoms with Gasteiger partial charge in [-0.25, -0.2) is 22.8 Å². The molecule has 37 heavy (non-hydrogen) atoms. The van der Waals surface area contributed by atoms with E-state index < -0.39 is 26.4 Å². The number of aromatic amines is 1. The number of ether oxygens (including phenoxy) is 1. The van der Waals surface area contributed by atoms with Crippen molar-refractivity contribution in [1.82, 2.24) is 24.5 Å². The summed E-state index contributed by atoms with van der Waals surface area (Å²) in [5.41, 5.74) is -1.09. The molecule has 2 N–H and O–H groups in total. The van der Waals surface area contributed by atoms with Crippen molar-refractivity contribution in [2.24, 2.45) is 11.8 Å². The van der Waals surface area contributed by atoms with Crippen molar-refractivity contribution in [3.05, 3.63) is 58.8 Å². The lowest BCUT2D eigenvalue weighted by molar-refractivity contribution is 0.0981. The highest BCUT2D eigenvalue weighted by atomic mass is 32.2. The Bertz CT molecular complexity index is 1460. The second-order valence-corrected chi connectivity index (χ2v) is 11.8. The normalized spacial score (nSPS) is 17.2. The molecule has 11 nitrogen and oxygen atoms in total. The third-order valence-corrected chi connectivity index (χ3v) is 8.08. The molecule has 4 rings (SSSR count). The molecule has 3 aromatic heterocycles. The van der Waals surface area contributed by atoms with Gasteiger partial charge in [0.15, 0.2) is 16.5 Å². The zero-order chi connectivity index (χ0) is 27.0. The molecule has 4 heterocycles. The fourth-order valence-corrected chi connectivity index (χ4v) is 5.20. The van der Waals surface area contributed by atoms with Crippen molar-refractivity contribution in [2.45, 2.75) is 51.5 Å². The van der Waals surface area contributed by atoms with Crippen LogP contribution in [0.25, 0.3) is 5.82 Å². The van der Waals surface area contributed by atoms with E-state index in [2.05, 4.69) is 44.7 Å². The minimum Gasteiger partial charge on any atom is -0.490 e. The van der Waals surface area contributed by atoms with Crippen LogP contribution in [0, 0.1) is 11.8 Å². The van der Waals surface area contributed by atoms with Crippen LogP contribution in [-0.4, -0.2) is 52.8 Å². The second kappa shape index (κ2) is 10.0. The van der Waals surface area contributed by atoms with E-state index in [-0.39, 0.29) is 11.1 Å². The van der Waals surface area contributed by atoms with Crippen molar-refractivity contribution >= 4 is 21.7 Å². The van der Waals surface area contributed by atoms with Gasteiger partial charge in [-0.05, 0) is 56.4 Å². The number of pyridine rings is 2. The summed E-state index contributed by atoms with van der Waals surface area (Å²) in [5.74, 6) is 1.15. The minimum absolute atomic E-state index is 0.0743. The van der Waals surface area contributed by atoms with Gasteiger partial charge < -0.3 is 14.6 Å². The number of nitrogens with zero attached hydrogens (tertiary/aromatic N) is 4. The van der Waals surface area contributed by atoms with E-state index in [0.717, 1.165) is 12.5 Å². The number of carbonyl (C=O) groups excluding carboxylic acids is 1. The predicted octanol–water partition coefficient (Wildman–Crippen LogP) is 2.73. The van der Waals surface area contributed by atoms with Gasteiger partial charge in [0.1, 0.15) is 5.82 Å². The Kier molecular flexibility index (Phi) is 7.13. The third kappa shape index (κ3) is 5.38. The van der Waals surface area contributed by atoms with Gasteiger partial charge in [0.2, 0.25) is 0 Å². The Hall–Kier alpha value is -3.67. The molecule has 1 unspecified atom stereocenters. The molecule has 0 radical (unpaired) electrons. The number of carbonyl (C=O) groups is 1. The first-order valence-electron chi connectivity index (χ1n) is 12.1. The van der Waals surface area contributed by atoms with Crippen LogP contribution in [0.3, 0.4) is 0 Å². The number of hydrogen-bond acceptors (Lipinski definition) is 8. The molecular weight excluding hydrogens is 496 g/mol. The van der Waals surface area contributed by atoms with Crippen molar-refractivity contribution in [3.8, 4) is 11.6 Å². The van der Waals surface area contributed by atoms with Crippen LogP contribution >= 0.6 is 0 Å². The first-order chi connectivity index (χ1) is 17.4. The monoisotopic (exact) mass is 528 g/mol. The molecule has 1 fully saturated rings. The number of hydrogen-bond donors (Lipinski definition) is 2. The fraction of sp³-hybridized carbons (Fsp3) is 0.440. The van der Waals surface area contributed by atoms with Crippen molar-refractivity contribution < 1.29 is 17.9 Å². The second-order valence-electron chi connectivity index (χ2n) is 10.2. The highest BCUT2D eigenvalue weighted by molar-refractivity contribution is 7.90. The van der Waals surface area contributed by atoms with Crippen LogP contribution in [0.2, 0.25) is 0 Å². The van der Waals surface area contributed by atoms with Crippen molar-refractivity contribution in [2.75, 3.05) is 18.1 Å². The standard InChI is InChI=1S/C25H32N6O5S/c1-16(2)15-36-18-13-27-31(14-18)21-9-8-19(22(28-21)30-12-10-17(3)25(30,4)5)23(32)29-37(34,35)20-7-6-11-26-24(20)33/h6-9,11,13-14,16-17H,10,12,15H2,1-5H3,(H,26,33)(H,29,32). The molecule has 0 saturated carbocycles. The van der Waals surface area contributed by atoms with E-state index in [1.807, 2.05) is 9.62 Å². The highest BCUT2D eigenvalue weighted by Crippen LogP contribution is 2.39. The van der Waals surface area contributed by atoms with Gasteiger partial charge in [-0.15, -0.1) is 0 Å². The lowest BCUT2D eigenvalue weighted by Crippen LogP contribution is -2.44. The number of H-pyrrole nitrogens is 1. The molecule has 1 atom stereocenters. The molecule has 0 aliphatic carbocycles. The first-order valence-corrected chi connectivity index (χ1v) is 13.6. The summed E-state index contributed by atoms with van der Waals surface area (Å²) in [6.45, 7) is 11.5. The molecule has 198 valence electrons. The first kappa shape index (κ1) is 26.4. The molecular formula is C25H32N6O5S. The highest BCUT2D eigenvalue weighted by Gasteiger charge is 2.41. The van der Waals surface area contributed by atoms with Gasteiger partial charge in [0.25, 0.3) is 21.5 Å². The van der Waals surface area contributed by atoms with Gasteiger partial charge >= 0.3 is 0 Å². The van der Waals surface area contributed by atoms with E-state index >= 15 is 0 Å². The maximum Gasteiger partial charge on any atom is 0.269 e. The minimum atomic E-state index is -4.41. The van der Waals surface area contributed by atoms with Crippen LogP contribution in [-0.2, 0) is 10.0 Å².